The fraction of sp³-hybridized carbons (Fsp3) is 0.409. The summed E-state index contributed by atoms with van der Waals surface area (Å²) in [5.74, 6) is 0.337. The van der Waals surface area contributed by atoms with Crippen LogP contribution in [-0.2, 0) is 21.2 Å². The molecule has 1 fully saturated rings. The number of aryl methyl sites for hydroxylation is 1. The minimum absolute atomic E-state index is 0.0156. The Hall–Kier alpha value is -1.90. The molecule has 4 rings (SSSR count). The van der Waals surface area contributed by atoms with Crippen LogP contribution < -0.4 is 9.64 Å². The number of nitrogens with zero attached hydrogens (tertiary/aromatic N) is 2. The molecule has 1 saturated heterocycles. The normalized spacial score (nSPS) is 19.6. The van der Waals surface area contributed by atoms with Crippen molar-refractivity contribution >= 4 is 37.5 Å². The number of piperidine rings is 1. The van der Waals surface area contributed by atoms with Gasteiger partial charge in [-0.15, -0.1) is 0 Å². The highest BCUT2D eigenvalue weighted by Gasteiger charge is 2.37. The molecule has 0 saturated carbocycles. The lowest BCUT2D eigenvalue weighted by molar-refractivity contribution is -0.123. The molecule has 6 nitrogen and oxygen atoms in total. The lowest BCUT2D eigenvalue weighted by Crippen LogP contribution is -2.46. The lowest BCUT2D eigenvalue weighted by atomic mass is 9.98. The number of anilines is 1. The fourth-order valence-corrected chi connectivity index (χ4v) is 6.36. The third kappa shape index (κ3) is 3.88. The van der Waals surface area contributed by atoms with Crippen LogP contribution in [0.5, 0.6) is 5.75 Å². The van der Waals surface area contributed by atoms with Crippen molar-refractivity contribution in [1.82, 2.24) is 4.31 Å². The predicted octanol–water partition coefficient (Wildman–Crippen LogP) is 3.76. The van der Waals surface area contributed by atoms with E-state index in [1.54, 1.807) is 25.3 Å². The second-order valence-corrected chi connectivity index (χ2v) is 10.7. The topological polar surface area (TPSA) is 66.9 Å². The summed E-state index contributed by atoms with van der Waals surface area (Å²) in [6, 6.07) is 10.8. The Labute approximate surface area is 186 Å². The van der Waals surface area contributed by atoms with Crippen LogP contribution in [0.3, 0.4) is 0 Å². The summed E-state index contributed by atoms with van der Waals surface area (Å²) in [7, 11) is -2.10. The summed E-state index contributed by atoms with van der Waals surface area (Å²) in [4.78, 5) is 15.3. The molecule has 0 spiro atoms. The van der Waals surface area contributed by atoms with E-state index in [2.05, 4.69) is 15.9 Å². The van der Waals surface area contributed by atoms with Crippen LogP contribution in [0, 0.1) is 12.8 Å². The second-order valence-electron chi connectivity index (χ2n) is 7.85. The monoisotopic (exact) mass is 492 g/mol. The lowest BCUT2D eigenvalue weighted by Gasteiger charge is -2.33. The minimum atomic E-state index is -3.66. The van der Waals surface area contributed by atoms with Crippen LogP contribution in [0.2, 0.25) is 0 Å². The highest BCUT2D eigenvalue weighted by Crippen LogP contribution is 2.34. The third-order valence-electron chi connectivity index (χ3n) is 5.94. The Bertz CT molecular complexity index is 1090. The molecule has 1 atom stereocenters. The van der Waals surface area contributed by atoms with Crippen molar-refractivity contribution in [3.8, 4) is 5.75 Å². The summed E-state index contributed by atoms with van der Waals surface area (Å²) in [5, 5.41) is 0. The zero-order chi connectivity index (χ0) is 21.5. The van der Waals surface area contributed by atoms with E-state index in [4.69, 9.17) is 4.74 Å². The number of carbonyl (C=O) groups excluding carboxylic acids is 1. The molecule has 2 aliphatic rings. The van der Waals surface area contributed by atoms with Gasteiger partial charge < -0.3 is 9.64 Å². The van der Waals surface area contributed by atoms with Gasteiger partial charge in [-0.3, -0.25) is 4.79 Å². The molecule has 0 aromatic heterocycles. The van der Waals surface area contributed by atoms with Gasteiger partial charge in [0.25, 0.3) is 0 Å². The Morgan fingerprint density at radius 1 is 1.17 bits per heavy atom. The number of rotatable bonds is 4. The van der Waals surface area contributed by atoms with Crippen molar-refractivity contribution in [3.63, 3.8) is 0 Å². The van der Waals surface area contributed by atoms with Crippen LogP contribution >= 0.6 is 15.9 Å². The van der Waals surface area contributed by atoms with Crippen LogP contribution in [0.1, 0.15) is 24.0 Å². The first-order valence-corrected chi connectivity index (χ1v) is 12.3. The number of ether oxygens (including phenoxy) is 1. The van der Waals surface area contributed by atoms with Crippen LogP contribution in [0.15, 0.2) is 45.8 Å². The van der Waals surface area contributed by atoms with Gasteiger partial charge in [-0.1, -0.05) is 15.9 Å². The molecule has 1 amide bonds. The molecule has 2 aromatic rings. The van der Waals surface area contributed by atoms with Crippen molar-refractivity contribution in [1.29, 1.82) is 0 Å². The van der Waals surface area contributed by atoms with E-state index in [9.17, 15) is 13.2 Å². The maximum atomic E-state index is 13.3. The Balaban J connectivity index is 1.54. The molecule has 0 bridgehead atoms. The molecule has 0 aliphatic carbocycles. The van der Waals surface area contributed by atoms with Crippen LogP contribution in [0.4, 0.5) is 5.69 Å². The average molecular weight is 493 g/mol. The molecule has 2 aliphatic heterocycles. The van der Waals surface area contributed by atoms with Gasteiger partial charge in [0.2, 0.25) is 15.9 Å². The van der Waals surface area contributed by atoms with Crippen LogP contribution in [0.25, 0.3) is 0 Å². The van der Waals surface area contributed by atoms with Gasteiger partial charge in [-0.05, 0) is 73.7 Å². The van der Waals surface area contributed by atoms with Gasteiger partial charge in [-0.2, -0.15) is 4.31 Å². The predicted molar refractivity (Wildman–Crippen MR) is 119 cm³/mol. The van der Waals surface area contributed by atoms with Crippen molar-refractivity contribution in [3.05, 3.63) is 52.0 Å². The number of methoxy groups -OCH3 is 1. The first kappa shape index (κ1) is 21.3. The SMILES string of the molecule is COc1ccc(S(=O)(=O)N2CCCC(C(=O)N3CCc4cc(Br)ccc43)C2)cc1C. The number of hydrogen-bond donors (Lipinski definition) is 0. The quantitative estimate of drug-likeness (QED) is 0.651. The van der Waals surface area contributed by atoms with E-state index in [1.807, 2.05) is 30.0 Å². The van der Waals surface area contributed by atoms with E-state index < -0.39 is 10.0 Å². The molecule has 0 radical (unpaired) electrons. The smallest absolute Gasteiger partial charge is 0.243 e. The Morgan fingerprint density at radius 2 is 1.97 bits per heavy atom. The fourth-order valence-electron chi connectivity index (χ4n) is 4.34. The van der Waals surface area contributed by atoms with E-state index >= 15 is 0 Å². The van der Waals surface area contributed by atoms with Gasteiger partial charge in [0, 0.05) is 29.8 Å². The molecular weight excluding hydrogens is 468 g/mol. The number of hydrogen-bond acceptors (Lipinski definition) is 4. The first-order valence-electron chi connectivity index (χ1n) is 10.1. The van der Waals surface area contributed by atoms with Crippen molar-refractivity contribution < 1.29 is 17.9 Å². The summed E-state index contributed by atoms with van der Waals surface area (Å²) in [5.41, 5.74) is 2.85. The number of carbonyl (C=O) groups is 1. The molecule has 2 heterocycles. The summed E-state index contributed by atoms with van der Waals surface area (Å²) in [6.07, 6.45) is 2.20. The molecule has 30 heavy (non-hydrogen) atoms. The van der Waals surface area contributed by atoms with Crippen molar-refractivity contribution in [2.75, 3.05) is 31.6 Å². The maximum absolute atomic E-state index is 13.3. The van der Waals surface area contributed by atoms with E-state index in [-0.39, 0.29) is 23.3 Å². The first-order chi connectivity index (χ1) is 14.3. The third-order valence-corrected chi connectivity index (χ3v) is 8.29. The van der Waals surface area contributed by atoms with Crippen LogP contribution in [-0.4, -0.2) is 45.4 Å². The van der Waals surface area contributed by atoms with Crippen molar-refractivity contribution in [2.45, 2.75) is 31.1 Å². The molecule has 8 heteroatoms. The second kappa shape index (κ2) is 8.32. The number of fused-ring (bicyclic) bond motifs is 1. The van der Waals surface area contributed by atoms with Gasteiger partial charge in [-0.25, -0.2) is 8.42 Å². The molecule has 1 unspecified atom stereocenters. The molecule has 2 aromatic carbocycles. The zero-order valence-electron chi connectivity index (χ0n) is 17.1. The van der Waals surface area contributed by atoms with E-state index in [0.717, 1.165) is 27.7 Å². The largest absolute Gasteiger partial charge is 0.496 e. The molecular formula is C22H25BrN2O4S. The molecule has 0 N–H and O–H groups in total. The van der Waals surface area contributed by atoms with Gasteiger partial charge in [0.05, 0.1) is 17.9 Å². The number of benzene rings is 2. The summed E-state index contributed by atoms with van der Waals surface area (Å²) >= 11 is 3.48. The molecule has 160 valence electrons. The van der Waals surface area contributed by atoms with Gasteiger partial charge in [0.1, 0.15) is 5.75 Å². The summed E-state index contributed by atoms with van der Waals surface area (Å²) < 4.78 is 34.1. The van der Waals surface area contributed by atoms with E-state index in [1.165, 1.54) is 4.31 Å². The standard InChI is InChI=1S/C22H25BrN2O4S/c1-15-12-19(6-8-21(15)29-2)30(27,28)24-10-3-4-17(14-24)22(26)25-11-9-16-13-18(23)5-7-20(16)25/h5-8,12-13,17H,3-4,9-11,14H2,1-2H3. The van der Waals surface area contributed by atoms with Gasteiger partial charge >= 0.3 is 0 Å². The highest BCUT2D eigenvalue weighted by molar-refractivity contribution is 9.10. The Morgan fingerprint density at radius 3 is 2.70 bits per heavy atom. The van der Waals surface area contributed by atoms with Gasteiger partial charge in [0.15, 0.2) is 0 Å². The number of sulfonamides is 1. The maximum Gasteiger partial charge on any atom is 0.243 e. The minimum Gasteiger partial charge on any atom is -0.496 e. The average Bonchev–Trinajstić information content (AvgIpc) is 3.16. The summed E-state index contributed by atoms with van der Waals surface area (Å²) in [6.45, 7) is 3.12. The number of halogens is 1. The highest BCUT2D eigenvalue weighted by atomic mass is 79.9. The zero-order valence-corrected chi connectivity index (χ0v) is 19.5. The Kier molecular flexibility index (Phi) is 5.92. The van der Waals surface area contributed by atoms with E-state index in [0.29, 0.717) is 31.7 Å². The number of amides is 1. The van der Waals surface area contributed by atoms with Crippen molar-refractivity contribution in [2.24, 2.45) is 5.92 Å².